The molecule has 0 aromatic heterocycles. The molecule has 0 heterocycles. The van der Waals surface area contributed by atoms with Gasteiger partial charge in [-0.05, 0) is 30.5 Å². The normalized spacial score (nSPS) is 11.5. The molecule has 1 aromatic carbocycles. The molecule has 5 heteroatoms. The van der Waals surface area contributed by atoms with E-state index in [2.05, 4.69) is 5.16 Å². The molecule has 0 fully saturated rings. The van der Waals surface area contributed by atoms with E-state index in [1.165, 1.54) is 0 Å². The van der Waals surface area contributed by atoms with Crippen LogP contribution in [-0.4, -0.2) is 24.8 Å². The molecule has 0 unspecified atom stereocenters. The van der Waals surface area contributed by atoms with Gasteiger partial charge in [-0.3, -0.25) is 0 Å². The summed E-state index contributed by atoms with van der Waals surface area (Å²) in [5, 5.41) is 11.3. The van der Waals surface area contributed by atoms with Crippen LogP contribution in [0.5, 0.6) is 5.75 Å². The number of amidine groups is 1. The minimum absolute atomic E-state index is 0.269. The molecule has 0 aliphatic carbocycles. The summed E-state index contributed by atoms with van der Waals surface area (Å²) >= 11 is 0. The smallest absolute Gasteiger partial charge is 0.139 e. The number of ether oxygens (including phenoxy) is 2. The first-order valence-electron chi connectivity index (χ1n) is 5.93. The summed E-state index contributed by atoms with van der Waals surface area (Å²) in [5.41, 5.74) is 6.47. The van der Waals surface area contributed by atoms with Gasteiger partial charge < -0.3 is 20.4 Å². The van der Waals surface area contributed by atoms with Crippen LogP contribution in [0, 0.1) is 0 Å². The number of benzene rings is 1. The van der Waals surface area contributed by atoms with Gasteiger partial charge in [-0.1, -0.05) is 17.3 Å². The zero-order chi connectivity index (χ0) is 13.2. The largest absolute Gasteiger partial charge is 0.497 e. The topological polar surface area (TPSA) is 77.1 Å². The molecular formula is C13H20N2O3. The van der Waals surface area contributed by atoms with E-state index in [0.717, 1.165) is 24.2 Å². The lowest BCUT2D eigenvalue weighted by Crippen LogP contribution is -2.11. The van der Waals surface area contributed by atoms with Crippen molar-refractivity contribution in [1.29, 1.82) is 0 Å². The molecule has 0 aliphatic rings. The van der Waals surface area contributed by atoms with Crippen LogP contribution in [-0.2, 0) is 11.3 Å². The predicted octanol–water partition coefficient (Wildman–Crippen LogP) is 2.13. The van der Waals surface area contributed by atoms with Crippen molar-refractivity contribution in [3.8, 4) is 5.75 Å². The van der Waals surface area contributed by atoms with Gasteiger partial charge in [-0.25, -0.2) is 0 Å². The quantitative estimate of drug-likeness (QED) is 0.244. The van der Waals surface area contributed by atoms with E-state index >= 15 is 0 Å². The summed E-state index contributed by atoms with van der Waals surface area (Å²) in [6.45, 7) is 1.26. The Morgan fingerprint density at radius 2 is 2.00 bits per heavy atom. The highest BCUT2D eigenvalue weighted by Crippen LogP contribution is 2.12. The number of rotatable bonds is 8. The lowest BCUT2D eigenvalue weighted by molar-refractivity contribution is 0.117. The van der Waals surface area contributed by atoms with Gasteiger partial charge in [0.05, 0.1) is 13.7 Å². The number of nitrogens with two attached hydrogens (primary N) is 1. The fourth-order valence-electron chi connectivity index (χ4n) is 1.47. The SMILES string of the molecule is COc1ccc(COCCCCC(N)=NO)cc1. The number of methoxy groups -OCH3 is 1. The molecule has 1 rings (SSSR count). The maximum Gasteiger partial charge on any atom is 0.139 e. The van der Waals surface area contributed by atoms with E-state index in [4.69, 9.17) is 20.4 Å². The lowest BCUT2D eigenvalue weighted by atomic mass is 10.2. The molecule has 0 atom stereocenters. The van der Waals surface area contributed by atoms with Crippen molar-refractivity contribution in [3.05, 3.63) is 29.8 Å². The molecule has 0 saturated carbocycles. The fraction of sp³-hybridized carbons (Fsp3) is 0.462. The van der Waals surface area contributed by atoms with Crippen LogP contribution >= 0.6 is 0 Å². The third-order valence-electron chi connectivity index (χ3n) is 2.53. The van der Waals surface area contributed by atoms with Crippen molar-refractivity contribution in [2.75, 3.05) is 13.7 Å². The Balaban J connectivity index is 2.10. The van der Waals surface area contributed by atoms with E-state index < -0.39 is 0 Å². The first kappa shape index (κ1) is 14.3. The molecular weight excluding hydrogens is 232 g/mol. The van der Waals surface area contributed by atoms with Gasteiger partial charge >= 0.3 is 0 Å². The molecule has 0 aliphatic heterocycles. The number of hydrogen-bond acceptors (Lipinski definition) is 4. The van der Waals surface area contributed by atoms with E-state index in [-0.39, 0.29) is 5.84 Å². The second kappa shape index (κ2) is 8.36. The van der Waals surface area contributed by atoms with Gasteiger partial charge in [-0.15, -0.1) is 0 Å². The molecule has 18 heavy (non-hydrogen) atoms. The Morgan fingerprint density at radius 1 is 1.28 bits per heavy atom. The van der Waals surface area contributed by atoms with Crippen LogP contribution in [0.2, 0.25) is 0 Å². The monoisotopic (exact) mass is 252 g/mol. The summed E-state index contributed by atoms with van der Waals surface area (Å²) in [6.07, 6.45) is 2.35. The second-order valence-corrected chi connectivity index (χ2v) is 3.95. The Bertz CT molecular complexity index is 363. The molecule has 0 amide bonds. The third-order valence-corrected chi connectivity index (χ3v) is 2.53. The van der Waals surface area contributed by atoms with Gasteiger partial charge in [0.15, 0.2) is 0 Å². The number of nitrogens with zero attached hydrogens (tertiary/aromatic N) is 1. The summed E-state index contributed by atoms with van der Waals surface area (Å²) in [4.78, 5) is 0. The molecule has 0 bridgehead atoms. The van der Waals surface area contributed by atoms with Crippen LogP contribution < -0.4 is 10.5 Å². The van der Waals surface area contributed by atoms with Gasteiger partial charge in [0.2, 0.25) is 0 Å². The second-order valence-electron chi connectivity index (χ2n) is 3.95. The summed E-state index contributed by atoms with van der Waals surface area (Å²) < 4.78 is 10.6. The van der Waals surface area contributed by atoms with E-state index in [1.54, 1.807) is 7.11 Å². The Kier molecular flexibility index (Phi) is 6.64. The number of unbranched alkanes of at least 4 members (excludes halogenated alkanes) is 1. The summed E-state index contributed by atoms with van der Waals surface area (Å²) in [5.74, 6) is 1.11. The van der Waals surface area contributed by atoms with Crippen molar-refractivity contribution in [3.63, 3.8) is 0 Å². The average molecular weight is 252 g/mol. The fourth-order valence-corrected chi connectivity index (χ4v) is 1.47. The van der Waals surface area contributed by atoms with Crippen molar-refractivity contribution >= 4 is 5.84 Å². The zero-order valence-electron chi connectivity index (χ0n) is 10.6. The lowest BCUT2D eigenvalue weighted by Gasteiger charge is -2.05. The molecule has 100 valence electrons. The summed E-state index contributed by atoms with van der Waals surface area (Å²) in [6, 6.07) is 7.79. The van der Waals surface area contributed by atoms with Crippen LogP contribution in [0.4, 0.5) is 0 Å². The van der Waals surface area contributed by atoms with E-state index in [0.29, 0.717) is 19.6 Å². The van der Waals surface area contributed by atoms with Crippen molar-refractivity contribution in [2.45, 2.75) is 25.9 Å². The highest BCUT2D eigenvalue weighted by molar-refractivity contribution is 5.79. The highest BCUT2D eigenvalue weighted by Gasteiger charge is 1.96. The molecule has 0 spiro atoms. The van der Waals surface area contributed by atoms with Crippen molar-refractivity contribution in [2.24, 2.45) is 10.9 Å². The van der Waals surface area contributed by atoms with Gasteiger partial charge in [-0.2, -0.15) is 0 Å². The Morgan fingerprint density at radius 3 is 2.61 bits per heavy atom. The maximum absolute atomic E-state index is 8.35. The zero-order valence-corrected chi connectivity index (χ0v) is 10.6. The predicted molar refractivity (Wildman–Crippen MR) is 69.9 cm³/mol. The van der Waals surface area contributed by atoms with Crippen LogP contribution in [0.15, 0.2) is 29.4 Å². The summed E-state index contributed by atoms with van der Waals surface area (Å²) in [7, 11) is 1.65. The first-order valence-corrected chi connectivity index (χ1v) is 5.93. The van der Waals surface area contributed by atoms with Gasteiger partial charge in [0.1, 0.15) is 11.6 Å². The van der Waals surface area contributed by atoms with Crippen molar-refractivity contribution < 1.29 is 14.7 Å². The van der Waals surface area contributed by atoms with Crippen LogP contribution in [0.25, 0.3) is 0 Å². The van der Waals surface area contributed by atoms with Crippen LogP contribution in [0.1, 0.15) is 24.8 Å². The van der Waals surface area contributed by atoms with E-state index in [1.807, 2.05) is 24.3 Å². The minimum atomic E-state index is 0.269. The highest BCUT2D eigenvalue weighted by atomic mass is 16.5. The van der Waals surface area contributed by atoms with Gasteiger partial charge in [0, 0.05) is 13.0 Å². The minimum Gasteiger partial charge on any atom is -0.497 e. The molecule has 0 saturated heterocycles. The maximum atomic E-state index is 8.35. The standard InChI is InChI=1S/C13H20N2O3/c1-17-12-7-5-11(6-8-12)10-18-9-3-2-4-13(14)15-16/h5-8,16H,2-4,9-10H2,1H3,(H2,14,15). The van der Waals surface area contributed by atoms with Gasteiger partial charge in [0.25, 0.3) is 0 Å². The number of oxime groups is 1. The third kappa shape index (κ3) is 5.54. The average Bonchev–Trinajstić information content (AvgIpc) is 2.43. The van der Waals surface area contributed by atoms with Crippen molar-refractivity contribution in [1.82, 2.24) is 0 Å². The Labute approximate surface area is 107 Å². The van der Waals surface area contributed by atoms with E-state index in [9.17, 15) is 0 Å². The molecule has 5 nitrogen and oxygen atoms in total. The molecule has 0 radical (unpaired) electrons. The first-order chi connectivity index (χ1) is 8.76. The molecule has 1 aromatic rings. The van der Waals surface area contributed by atoms with Crippen LogP contribution in [0.3, 0.4) is 0 Å². The molecule has 3 N–H and O–H groups in total. The number of hydrogen-bond donors (Lipinski definition) is 2. The Hall–Kier alpha value is -1.75.